The lowest BCUT2D eigenvalue weighted by Crippen LogP contribution is -2.52. The minimum Gasteiger partial charge on any atom is -0.456 e. The number of carbonyl (C=O) groups is 2. The Balaban J connectivity index is 1.54. The number of primary amides is 1. The van der Waals surface area contributed by atoms with Gasteiger partial charge in [0.2, 0.25) is 12.2 Å². The molecule has 4 rings (SSSR count). The van der Waals surface area contributed by atoms with Crippen LogP contribution < -0.4 is 22.3 Å². The van der Waals surface area contributed by atoms with Gasteiger partial charge in [-0.2, -0.15) is 0 Å². The number of hydrogen-bond acceptors (Lipinski definition) is 11. The van der Waals surface area contributed by atoms with Crippen LogP contribution in [0.15, 0.2) is 51.9 Å². The summed E-state index contributed by atoms with van der Waals surface area (Å²) in [6, 6.07) is 4.88. The molecule has 0 saturated carbocycles. The molecular formula is C24H27FN4O11. The van der Waals surface area contributed by atoms with Gasteiger partial charge < -0.3 is 45.7 Å². The van der Waals surface area contributed by atoms with Gasteiger partial charge in [-0.1, -0.05) is 6.07 Å². The molecule has 1 aromatic heterocycles. The van der Waals surface area contributed by atoms with Crippen molar-refractivity contribution in [2.24, 2.45) is 11.7 Å². The minimum atomic E-state index is -1.89. The second kappa shape index (κ2) is 11.7. The van der Waals surface area contributed by atoms with Crippen molar-refractivity contribution in [3.63, 3.8) is 0 Å². The highest BCUT2D eigenvalue weighted by Gasteiger charge is 2.51. The number of carbonyl (C=O) groups excluding carboxylic acids is 2. The minimum absolute atomic E-state index is 0.0633. The number of rotatable bonds is 8. The Morgan fingerprint density at radius 2 is 1.95 bits per heavy atom. The summed E-state index contributed by atoms with van der Waals surface area (Å²) in [5.74, 6) is -4.54. The number of amides is 2. The van der Waals surface area contributed by atoms with E-state index in [0.29, 0.717) is 5.56 Å². The molecule has 0 aliphatic carbocycles. The number of nitrogens with two attached hydrogens (primary N) is 1. The number of nitrogens with zero attached hydrogens (tertiary/aromatic N) is 1. The maximum absolute atomic E-state index is 13.9. The van der Waals surface area contributed by atoms with Gasteiger partial charge in [0.25, 0.3) is 11.5 Å². The van der Waals surface area contributed by atoms with E-state index in [1.807, 2.05) is 4.98 Å². The first-order chi connectivity index (χ1) is 18.9. The van der Waals surface area contributed by atoms with Crippen molar-refractivity contribution < 1.29 is 48.6 Å². The van der Waals surface area contributed by atoms with Crippen LogP contribution >= 0.6 is 0 Å². The van der Waals surface area contributed by atoms with Gasteiger partial charge in [0.05, 0.1) is 6.61 Å². The Labute approximate surface area is 224 Å². The second-order valence-electron chi connectivity index (χ2n) is 9.22. The summed E-state index contributed by atoms with van der Waals surface area (Å²) < 4.78 is 31.2. The molecule has 2 aliphatic heterocycles. The molecule has 3 heterocycles. The topological polar surface area (TPSA) is 236 Å². The zero-order chi connectivity index (χ0) is 29.3. The summed E-state index contributed by atoms with van der Waals surface area (Å²) in [6.07, 6.45) is -10.0. The van der Waals surface area contributed by atoms with Crippen LogP contribution in [-0.4, -0.2) is 85.2 Å². The first-order valence-electron chi connectivity index (χ1n) is 11.9. The fraction of sp³-hybridized carbons (Fsp3) is 0.417. The van der Waals surface area contributed by atoms with Gasteiger partial charge in [-0.25, -0.2) is 9.18 Å². The molecule has 8 atom stereocenters. The van der Waals surface area contributed by atoms with E-state index in [1.54, 1.807) is 0 Å². The third-order valence-electron chi connectivity index (χ3n) is 6.49. The molecule has 8 N–H and O–H groups in total. The number of aromatic nitrogens is 2. The van der Waals surface area contributed by atoms with Gasteiger partial charge in [0.1, 0.15) is 30.2 Å². The highest BCUT2D eigenvalue weighted by Crippen LogP contribution is 2.36. The number of aromatic amines is 1. The second-order valence-corrected chi connectivity index (χ2v) is 9.22. The SMILES string of the molecule is Cc1ccc(NC(=O)C2=C[C@H](O)[C@H](O)[C@@H](O[C@@H](C(N)=O)[C@H]3O[C@@H](n4ccc(=O)[nH]c4=O)[C@H](O)[C@@H]3CO)O2)cc1F. The number of benzene rings is 1. The van der Waals surface area contributed by atoms with Crippen molar-refractivity contribution in [3.8, 4) is 0 Å². The number of aryl methyl sites for hydroxylation is 1. The third kappa shape index (κ3) is 5.81. The van der Waals surface area contributed by atoms with Gasteiger partial charge in [0.15, 0.2) is 18.1 Å². The average Bonchev–Trinajstić information content (AvgIpc) is 3.22. The van der Waals surface area contributed by atoms with Crippen LogP contribution in [0.4, 0.5) is 10.1 Å². The van der Waals surface area contributed by atoms with Crippen LogP contribution in [0.3, 0.4) is 0 Å². The summed E-state index contributed by atoms with van der Waals surface area (Å²) in [5.41, 5.74) is 4.21. The maximum Gasteiger partial charge on any atom is 0.330 e. The third-order valence-corrected chi connectivity index (χ3v) is 6.49. The quantitative estimate of drug-likeness (QED) is 0.174. The molecule has 2 amide bonds. The predicted octanol–water partition coefficient (Wildman–Crippen LogP) is -2.68. The summed E-state index contributed by atoms with van der Waals surface area (Å²) in [4.78, 5) is 50.7. The fourth-order valence-electron chi connectivity index (χ4n) is 4.31. The van der Waals surface area contributed by atoms with Gasteiger partial charge in [-0.3, -0.25) is 23.9 Å². The van der Waals surface area contributed by atoms with Crippen LogP contribution in [-0.2, 0) is 23.8 Å². The van der Waals surface area contributed by atoms with E-state index in [-0.39, 0.29) is 5.69 Å². The molecule has 16 heteroatoms. The van der Waals surface area contributed by atoms with Crippen LogP contribution in [0, 0.1) is 18.7 Å². The van der Waals surface area contributed by atoms with Crippen molar-refractivity contribution >= 4 is 17.5 Å². The van der Waals surface area contributed by atoms with Crippen LogP contribution in [0.2, 0.25) is 0 Å². The van der Waals surface area contributed by atoms with Crippen molar-refractivity contribution in [2.75, 3.05) is 11.9 Å². The zero-order valence-corrected chi connectivity index (χ0v) is 20.8. The highest BCUT2D eigenvalue weighted by atomic mass is 19.1. The van der Waals surface area contributed by atoms with Crippen LogP contribution in [0.25, 0.3) is 0 Å². The lowest BCUT2D eigenvalue weighted by atomic mass is 9.94. The number of ether oxygens (including phenoxy) is 3. The number of halogens is 1. The largest absolute Gasteiger partial charge is 0.456 e. The van der Waals surface area contributed by atoms with Gasteiger partial charge >= 0.3 is 5.69 Å². The monoisotopic (exact) mass is 566 g/mol. The van der Waals surface area contributed by atoms with Crippen LogP contribution in [0.1, 0.15) is 11.8 Å². The Morgan fingerprint density at radius 3 is 2.58 bits per heavy atom. The Kier molecular flexibility index (Phi) is 8.48. The number of anilines is 1. The molecule has 216 valence electrons. The Hall–Kier alpha value is -3.93. The molecule has 2 aromatic rings. The van der Waals surface area contributed by atoms with Crippen molar-refractivity contribution in [1.29, 1.82) is 0 Å². The van der Waals surface area contributed by atoms with E-state index >= 15 is 0 Å². The van der Waals surface area contributed by atoms with E-state index in [1.165, 1.54) is 19.1 Å². The Bertz CT molecular complexity index is 1430. The van der Waals surface area contributed by atoms with Crippen molar-refractivity contribution in [1.82, 2.24) is 9.55 Å². The fourth-order valence-corrected chi connectivity index (χ4v) is 4.31. The summed E-state index contributed by atoms with van der Waals surface area (Å²) in [7, 11) is 0. The molecule has 0 radical (unpaired) electrons. The molecular weight excluding hydrogens is 539 g/mol. The molecule has 0 unspecified atom stereocenters. The van der Waals surface area contributed by atoms with Gasteiger partial charge in [-0.05, 0) is 30.7 Å². The van der Waals surface area contributed by atoms with Crippen LogP contribution in [0.5, 0.6) is 0 Å². The summed E-state index contributed by atoms with van der Waals surface area (Å²) in [6.45, 7) is 0.753. The van der Waals surface area contributed by atoms with E-state index < -0.39 is 90.2 Å². The molecule has 0 spiro atoms. The number of hydrogen-bond donors (Lipinski definition) is 7. The maximum atomic E-state index is 13.9. The lowest BCUT2D eigenvalue weighted by molar-refractivity contribution is -0.239. The Morgan fingerprint density at radius 1 is 1.23 bits per heavy atom. The van der Waals surface area contributed by atoms with Crippen molar-refractivity contribution in [3.05, 3.63) is 74.5 Å². The lowest BCUT2D eigenvalue weighted by Gasteiger charge is -2.35. The molecule has 1 fully saturated rings. The highest BCUT2D eigenvalue weighted by molar-refractivity contribution is 6.02. The number of H-pyrrole nitrogens is 1. The van der Waals surface area contributed by atoms with E-state index in [4.69, 9.17) is 19.9 Å². The molecule has 1 saturated heterocycles. The standard InChI is InChI=1S/C24H27FN4O11/c1-9-2-3-10(6-12(9)25)27-21(36)14-7-13(31)17(34)23(38-14)40-19(20(26)35)18-11(8-30)16(33)22(39-18)29-5-4-15(32)28-24(29)37/h2-7,11,13,16-19,22-23,30-31,33-34H,8H2,1H3,(H2,26,35)(H,27,36)(H,28,32,37)/t11-,13-,16+,17-,18-,19+,22+,23+/m0/s1. The van der Waals surface area contributed by atoms with Crippen molar-refractivity contribution in [2.45, 2.75) is 50.0 Å². The predicted molar refractivity (Wildman–Crippen MR) is 131 cm³/mol. The number of aliphatic hydroxyl groups is 4. The first kappa shape index (κ1) is 29.1. The molecule has 40 heavy (non-hydrogen) atoms. The molecule has 0 bridgehead atoms. The molecule has 1 aromatic carbocycles. The van der Waals surface area contributed by atoms with E-state index in [2.05, 4.69) is 5.32 Å². The number of aliphatic hydroxyl groups excluding tert-OH is 4. The first-order valence-corrected chi connectivity index (χ1v) is 11.9. The van der Waals surface area contributed by atoms with E-state index in [0.717, 1.165) is 29.0 Å². The summed E-state index contributed by atoms with van der Waals surface area (Å²) >= 11 is 0. The summed E-state index contributed by atoms with van der Waals surface area (Å²) in [5, 5.41) is 43.7. The normalized spacial score (nSPS) is 28.9. The van der Waals surface area contributed by atoms with Gasteiger partial charge in [-0.15, -0.1) is 0 Å². The van der Waals surface area contributed by atoms with Gasteiger partial charge in [0, 0.05) is 23.9 Å². The average molecular weight is 566 g/mol. The smallest absolute Gasteiger partial charge is 0.330 e. The zero-order valence-electron chi connectivity index (χ0n) is 20.8. The molecule has 15 nitrogen and oxygen atoms in total. The van der Waals surface area contributed by atoms with E-state index in [9.17, 15) is 44.0 Å². The molecule has 2 aliphatic rings. The number of nitrogens with one attached hydrogen (secondary N) is 2.